The van der Waals surface area contributed by atoms with Crippen LogP contribution in [-0.2, 0) is 17.5 Å². The summed E-state index contributed by atoms with van der Waals surface area (Å²) in [5.74, 6) is 0.0403. The summed E-state index contributed by atoms with van der Waals surface area (Å²) in [7, 11) is -1.43. The van der Waals surface area contributed by atoms with Gasteiger partial charge >= 0.3 is 0 Å². The summed E-state index contributed by atoms with van der Waals surface area (Å²) >= 11 is 6.04. The normalized spacial score (nSPS) is 14.8. The van der Waals surface area contributed by atoms with E-state index in [-0.39, 0.29) is 5.91 Å². The highest BCUT2D eigenvalue weighted by atomic mass is 35.5. The lowest BCUT2D eigenvalue weighted by atomic mass is 10.1. The fourth-order valence-corrected chi connectivity index (χ4v) is 5.08. The second-order valence-electron chi connectivity index (χ2n) is 7.63. The molecule has 1 fully saturated rings. The highest BCUT2D eigenvalue weighted by Gasteiger charge is 2.21. The number of amides is 1. The summed E-state index contributed by atoms with van der Waals surface area (Å²) in [5, 5.41) is 0.661. The van der Waals surface area contributed by atoms with E-state index in [9.17, 15) is 9.00 Å². The molecule has 160 valence electrons. The lowest BCUT2D eigenvalue weighted by Crippen LogP contribution is -2.35. The van der Waals surface area contributed by atoms with Crippen molar-refractivity contribution in [3.8, 4) is 0 Å². The number of likely N-dealkylation sites (tertiary alicyclic amines) is 1. The van der Waals surface area contributed by atoms with Crippen molar-refractivity contribution < 1.29 is 9.00 Å². The average molecular weight is 453 g/mol. The third-order valence-corrected chi connectivity index (χ3v) is 7.08. The van der Waals surface area contributed by atoms with Crippen LogP contribution in [0.2, 0.25) is 5.02 Å². The number of benzene rings is 3. The lowest BCUT2D eigenvalue weighted by molar-refractivity contribution is 0.0724. The van der Waals surface area contributed by atoms with Gasteiger partial charge in [-0.1, -0.05) is 48.0 Å². The highest BCUT2D eigenvalue weighted by Crippen LogP contribution is 2.26. The SMILES string of the molecule is O=C(c1cccc(N(Cc2ccc(Cl)cc2)S(=O)c2ccccc2)c1)N1CCCCC1. The largest absolute Gasteiger partial charge is 0.339 e. The Morgan fingerprint density at radius 2 is 1.61 bits per heavy atom. The molecule has 0 aliphatic carbocycles. The summed E-state index contributed by atoms with van der Waals surface area (Å²) < 4.78 is 15.3. The van der Waals surface area contributed by atoms with Gasteiger partial charge in [-0.3, -0.25) is 9.10 Å². The molecule has 6 heteroatoms. The summed E-state index contributed by atoms with van der Waals surface area (Å²) in [4.78, 5) is 15.7. The van der Waals surface area contributed by atoms with Crippen LogP contribution < -0.4 is 4.31 Å². The molecule has 3 aromatic carbocycles. The van der Waals surface area contributed by atoms with Gasteiger partial charge in [0.15, 0.2) is 11.0 Å². The standard InChI is InChI=1S/C25H25ClN2O2S/c26-22-14-12-20(13-15-22)19-28(31(30)24-10-3-1-4-11-24)23-9-7-8-21(18-23)25(29)27-16-5-2-6-17-27/h1,3-4,7-15,18H,2,5-6,16-17,19H2. The molecule has 0 radical (unpaired) electrons. The molecule has 0 bridgehead atoms. The molecule has 1 saturated heterocycles. The van der Waals surface area contributed by atoms with Crippen molar-refractivity contribution in [3.63, 3.8) is 0 Å². The predicted molar refractivity (Wildman–Crippen MR) is 127 cm³/mol. The number of hydrogen-bond acceptors (Lipinski definition) is 2. The molecule has 1 unspecified atom stereocenters. The van der Waals surface area contributed by atoms with Crippen LogP contribution in [0.4, 0.5) is 5.69 Å². The van der Waals surface area contributed by atoms with Crippen molar-refractivity contribution >= 4 is 34.2 Å². The van der Waals surface area contributed by atoms with Gasteiger partial charge < -0.3 is 4.90 Å². The molecule has 1 aliphatic heterocycles. The lowest BCUT2D eigenvalue weighted by Gasteiger charge is -2.28. The van der Waals surface area contributed by atoms with E-state index in [4.69, 9.17) is 11.6 Å². The first kappa shape index (κ1) is 21.6. The van der Waals surface area contributed by atoms with Gasteiger partial charge in [0.05, 0.1) is 17.1 Å². The van der Waals surface area contributed by atoms with Crippen molar-refractivity contribution in [2.24, 2.45) is 0 Å². The van der Waals surface area contributed by atoms with Gasteiger partial charge in [-0.15, -0.1) is 0 Å². The second-order valence-corrected chi connectivity index (χ2v) is 9.48. The van der Waals surface area contributed by atoms with Crippen molar-refractivity contribution in [3.05, 3.63) is 95.0 Å². The molecule has 1 atom stereocenters. The first-order valence-electron chi connectivity index (χ1n) is 10.5. The molecule has 0 aromatic heterocycles. The first-order chi connectivity index (χ1) is 15.1. The number of nitrogens with zero attached hydrogens (tertiary/aromatic N) is 2. The van der Waals surface area contributed by atoms with Crippen LogP contribution in [0.25, 0.3) is 0 Å². The molecule has 1 heterocycles. The van der Waals surface area contributed by atoms with E-state index in [1.165, 1.54) is 6.42 Å². The molecule has 31 heavy (non-hydrogen) atoms. The number of halogens is 1. The zero-order valence-electron chi connectivity index (χ0n) is 17.2. The second kappa shape index (κ2) is 10.1. The van der Waals surface area contributed by atoms with Crippen molar-refractivity contribution in [2.75, 3.05) is 17.4 Å². The van der Waals surface area contributed by atoms with E-state index in [2.05, 4.69) is 0 Å². The maximum Gasteiger partial charge on any atom is 0.253 e. The zero-order valence-corrected chi connectivity index (χ0v) is 18.8. The third-order valence-electron chi connectivity index (χ3n) is 5.41. The molecule has 4 rings (SSSR count). The average Bonchev–Trinajstić information content (AvgIpc) is 2.84. The van der Waals surface area contributed by atoms with E-state index in [0.29, 0.717) is 22.0 Å². The third kappa shape index (κ3) is 5.35. The predicted octanol–water partition coefficient (Wildman–Crippen LogP) is 5.70. The molecule has 4 nitrogen and oxygen atoms in total. The van der Waals surface area contributed by atoms with Crippen LogP contribution in [-0.4, -0.2) is 28.1 Å². The summed E-state index contributed by atoms with van der Waals surface area (Å²) in [6.07, 6.45) is 3.27. The van der Waals surface area contributed by atoms with Gasteiger partial charge in [-0.2, -0.15) is 0 Å². The molecular weight excluding hydrogens is 428 g/mol. The Morgan fingerprint density at radius 1 is 0.903 bits per heavy atom. The summed E-state index contributed by atoms with van der Waals surface area (Å²) in [6.45, 7) is 2.03. The smallest absolute Gasteiger partial charge is 0.253 e. The minimum absolute atomic E-state index is 0.0403. The number of carbonyl (C=O) groups is 1. The van der Waals surface area contributed by atoms with Gasteiger partial charge in [-0.25, -0.2) is 4.21 Å². The van der Waals surface area contributed by atoms with Crippen LogP contribution in [0.5, 0.6) is 0 Å². The maximum absolute atomic E-state index is 13.5. The van der Waals surface area contributed by atoms with Crippen molar-refractivity contribution in [1.82, 2.24) is 4.90 Å². The van der Waals surface area contributed by atoms with Gasteiger partial charge in [0, 0.05) is 23.7 Å². The Labute approximate surface area is 191 Å². The number of piperidine rings is 1. The fourth-order valence-electron chi connectivity index (χ4n) is 3.74. The molecule has 3 aromatic rings. The van der Waals surface area contributed by atoms with E-state index >= 15 is 0 Å². The van der Waals surface area contributed by atoms with E-state index < -0.39 is 11.0 Å². The van der Waals surface area contributed by atoms with Crippen LogP contribution in [0.3, 0.4) is 0 Å². The Morgan fingerprint density at radius 3 is 2.32 bits per heavy atom. The van der Waals surface area contributed by atoms with Gasteiger partial charge in [0.2, 0.25) is 0 Å². The van der Waals surface area contributed by atoms with Gasteiger partial charge in [-0.05, 0) is 67.3 Å². The van der Waals surface area contributed by atoms with Gasteiger partial charge in [0.1, 0.15) is 0 Å². The van der Waals surface area contributed by atoms with Crippen LogP contribution in [0.15, 0.2) is 83.8 Å². The Balaban J connectivity index is 1.66. The summed E-state index contributed by atoms with van der Waals surface area (Å²) in [6, 6.07) is 24.4. The number of rotatable bonds is 6. The molecule has 0 spiro atoms. The monoisotopic (exact) mass is 452 g/mol. The minimum atomic E-state index is -1.43. The Hall–Kier alpha value is -2.63. The maximum atomic E-state index is 13.5. The number of anilines is 1. The van der Waals surface area contributed by atoms with Crippen molar-refractivity contribution in [2.45, 2.75) is 30.7 Å². The van der Waals surface area contributed by atoms with E-state index in [0.717, 1.165) is 37.2 Å². The van der Waals surface area contributed by atoms with Crippen molar-refractivity contribution in [1.29, 1.82) is 0 Å². The number of carbonyl (C=O) groups excluding carboxylic acids is 1. The Kier molecular flexibility index (Phi) is 7.05. The summed E-state index contributed by atoms with van der Waals surface area (Å²) in [5.41, 5.74) is 2.37. The van der Waals surface area contributed by atoms with E-state index in [1.54, 1.807) is 0 Å². The molecular formula is C25H25ClN2O2S. The molecule has 0 N–H and O–H groups in total. The molecule has 1 amide bonds. The van der Waals surface area contributed by atoms with Crippen LogP contribution in [0.1, 0.15) is 35.2 Å². The van der Waals surface area contributed by atoms with E-state index in [1.807, 2.05) is 88.1 Å². The fraction of sp³-hybridized carbons (Fsp3) is 0.240. The Bertz CT molecular complexity index is 1050. The molecule has 1 aliphatic rings. The van der Waals surface area contributed by atoms with Crippen LogP contribution >= 0.6 is 11.6 Å². The molecule has 0 saturated carbocycles. The minimum Gasteiger partial charge on any atom is -0.339 e. The van der Waals surface area contributed by atoms with Crippen LogP contribution in [0, 0.1) is 0 Å². The zero-order chi connectivity index (χ0) is 21.6. The highest BCUT2D eigenvalue weighted by molar-refractivity contribution is 7.86. The number of hydrogen-bond donors (Lipinski definition) is 0. The topological polar surface area (TPSA) is 40.6 Å². The quantitative estimate of drug-likeness (QED) is 0.481. The van der Waals surface area contributed by atoms with Gasteiger partial charge in [0.25, 0.3) is 5.91 Å². The first-order valence-corrected chi connectivity index (χ1v) is 12.0.